The molecule has 0 atom stereocenters. The number of halogens is 1. The molecule has 0 amide bonds. The molecule has 0 aliphatic heterocycles. The average molecular weight is 530 g/mol. The summed E-state index contributed by atoms with van der Waals surface area (Å²) in [4.78, 5) is 29.2. The molecule has 202 valence electrons. The summed E-state index contributed by atoms with van der Waals surface area (Å²) in [5.74, 6) is -0.453. The second-order valence-electron chi connectivity index (χ2n) is 11.0. The predicted molar refractivity (Wildman–Crippen MR) is 147 cm³/mol. The monoisotopic (exact) mass is 529 g/mol. The van der Waals surface area contributed by atoms with Crippen molar-refractivity contribution in [3.63, 3.8) is 0 Å². The Kier molecular flexibility index (Phi) is 7.69. The van der Waals surface area contributed by atoms with E-state index in [-0.39, 0.29) is 23.2 Å². The number of pyridine rings is 3. The van der Waals surface area contributed by atoms with Crippen molar-refractivity contribution >= 4 is 22.4 Å². The van der Waals surface area contributed by atoms with Crippen molar-refractivity contribution in [3.8, 4) is 12.1 Å². The zero-order chi connectivity index (χ0) is 28.5. The Hall–Kier alpha value is -4.31. The van der Waals surface area contributed by atoms with Gasteiger partial charge >= 0.3 is 0 Å². The van der Waals surface area contributed by atoms with Crippen molar-refractivity contribution in [2.75, 3.05) is 11.9 Å². The second-order valence-corrected chi connectivity index (χ2v) is 11.0. The van der Waals surface area contributed by atoms with Crippen LogP contribution < -0.4 is 10.5 Å². The minimum Gasteiger partial charge on any atom is -0.390 e. The Morgan fingerprint density at radius 2 is 1.90 bits per heavy atom. The van der Waals surface area contributed by atoms with Gasteiger partial charge in [0.15, 0.2) is 0 Å². The third-order valence-corrected chi connectivity index (χ3v) is 7.15. The maximum absolute atomic E-state index is 13.9. The van der Waals surface area contributed by atoms with Crippen LogP contribution in [0, 0.1) is 41.5 Å². The van der Waals surface area contributed by atoms with Gasteiger partial charge in [-0.3, -0.25) is 4.79 Å². The summed E-state index contributed by atoms with van der Waals surface area (Å²) in [7, 11) is 3.46. The molecule has 9 nitrogen and oxygen atoms in total. The largest absolute Gasteiger partial charge is 0.390 e. The van der Waals surface area contributed by atoms with Crippen LogP contribution in [0.4, 0.5) is 10.1 Å². The number of anilines is 1. The Morgan fingerprint density at radius 1 is 1.21 bits per heavy atom. The lowest BCUT2D eigenvalue weighted by molar-refractivity contribution is -0.0000353. The normalized spacial score (nSPS) is 17.9. The molecule has 0 unspecified atom stereocenters. The maximum atomic E-state index is 13.9. The molecule has 0 N–H and O–H groups in total. The van der Waals surface area contributed by atoms with E-state index >= 15 is 0 Å². The number of aryl methyl sites for hydroxylation is 2. The van der Waals surface area contributed by atoms with Gasteiger partial charge in [-0.15, -0.1) is 0 Å². The summed E-state index contributed by atoms with van der Waals surface area (Å²) in [5, 5.41) is 23.8. The molecule has 3 aromatic rings. The number of hydrogen-bond acceptors (Lipinski definition) is 8. The summed E-state index contributed by atoms with van der Waals surface area (Å²) < 4.78 is 15.3. The first-order valence-electron chi connectivity index (χ1n) is 12.9. The lowest BCUT2D eigenvalue weighted by atomic mass is 9.80. The van der Waals surface area contributed by atoms with Gasteiger partial charge in [0.1, 0.15) is 34.5 Å². The maximum Gasteiger partial charge on any atom is 0.270 e. The average Bonchev–Trinajstić information content (AvgIpc) is 2.91. The third-order valence-electron chi connectivity index (χ3n) is 7.15. The van der Waals surface area contributed by atoms with E-state index in [0.717, 1.165) is 37.0 Å². The smallest absolute Gasteiger partial charge is 0.270 e. The van der Waals surface area contributed by atoms with Gasteiger partial charge in [0, 0.05) is 43.4 Å². The fourth-order valence-corrected chi connectivity index (χ4v) is 5.07. The van der Waals surface area contributed by atoms with Crippen molar-refractivity contribution < 1.29 is 9.23 Å². The highest BCUT2D eigenvalue weighted by Gasteiger charge is 2.32. The number of rotatable bonds is 5. The third kappa shape index (κ3) is 5.61. The molecule has 39 heavy (non-hydrogen) atoms. The van der Waals surface area contributed by atoms with Crippen molar-refractivity contribution in [3.05, 3.63) is 63.1 Å². The molecule has 0 radical (unpaired) electrons. The predicted octanol–water partition coefficient (Wildman–Crippen LogP) is 4.73. The lowest BCUT2D eigenvalue weighted by Crippen LogP contribution is -2.39. The van der Waals surface area contributed by atoms with Crippen LogP contribution in [0.15, 0.2) is 34.3 Å². The van der Waals surface area contributed by atoms with Crippen LogP contribution >= 0.6 is 0 Å². The van der Waals surface area contributed by atoms with Gasteiger partial charge < -0.3 is 14.3 Å². The molecule has 1 aliphatic carbocycles. The Morgan fingerprint density at radius 3 is 2.49 bits per heavy atom. The van der Waals surface area contributed by atoms with Gasteiger partial charge in [0.25, 0.3) is 5.56 Å². The van der Waals surface area contributed by atoms with Crippen molar-refractivity contribution in [2.24, 2.45) is 18.1 Å². The van der Waals surface area contributed by atoms with Gasteiger partial charge in [0.05, 0.1) is 16.9 Å². The molecule has 1 saturated carbocycles. The zero-order valence-electron chi connectivity index (χ0n) is 23.1. The molecule has 3 aromatic heterocycles. The van der Waals surface area contributed by atoms with E-state index in [0.29, 0.717) is 22.3 Å². The van der Waals surface area contributed by atoms with Crippen LogP contribution in [0.5, 0.6) is 0 Å². The first-order chi connectivity index (χ1) is 18.4. The van der Waals surface area contributed by atoms with Crippen LogP contribution in [0.2, 0.25) is 0 Å². The van der Waals surface area contributed by atoms with E-state index < -0.39 is 17.1 Å². The fourth-order valence-electron chi connectivity index (χ4n) is 5.07. The molecule has 0 bridgehead atoms. The zero-order valence-corrected chi connectivity index (χ0v) is 23.1. The lowest BCUT2D eigenvalue weighted by Gasteiger charge is -2.37. The molecule has 1 aliphatic rings. The molecular formula is C29H32FN7O2. The summed E-state index contributed by atoms with van der Waals surface area (Å²) in [6, 6.07) is 9.14. The second kappa shape index (κ2) is 10.8. The Balaban J connectivity index is 1.67. The molecule has 0 spiro atoms. The molecule has 10 heteroatoms. The van der Waals surface area contributed by atoms with Gasteiger partial charge in [0.2, 0.25) is 5.95 Å². The van der Waals surface area contributed by atoms with Crippen molar-refractivity contribution in [2.45, 2.75) is 65.0 Å². The van der Waals surface area contributed by atoms with Gasteiger partial charge in [-0.25, -0.2) is 9.97 Å². The number of nitrogens with zero attached hydrogens (tertiary/aromatic N) is 7. The van der Waals surface area contributed by atoms with Gasteiger partial charge in [-0.05, 0) is 71.6 Å². The van der Waals surface area contributed by atoms with Gasteiger partial charge in [-0.1, -0.05) is 5.16 Å². The molecule has 0 aromatic carbocycles. The number of aromatic nitrogens is 3. The van der Waals surface area contributed by atoms with E-state index in [2.05, 4.69) is 21.2 Å². The van der Waals surface area contributed by atoms with Gasteiger partial charge in [-0.2, -0.15) is 14.9 Å². The van der Waals surface area contributed by atoms with Crippen LogP contribution in [-0.4, -0.2) is 38.9 Å². The number of fused-ring (bicyclic) bond motifs is 1. The minimum absolute atomic E-state index is 0.00547. The van der Waals surface area contributed by atoms with Crippen molar-refractivity contribution in [1.82, 2.24) is 14.5 Å². The minimum atomic E-state index is -0.511. The summed E-state index contributed by atoms with van der Waals surface area (Å²) >= 11 is 0. The SMILES string of the molecule is Cc1cc(/C(=N\OC(C)(C)C)C2CCC(N(C)c3c(C#N)c(=O)n(C)c4ccc(C#N)nc34)CC2)cnc1F. The van der Waals surface area contributed by atoms with Crippen molar-refractivity contribution in [1.29, 1.82) is 10.5 Å². The molecule has 3 heterocycles. The van der Waals surface area contributed by atoms with E-state index in [1.165, 1.54) is 10.8 Å². The first-order valence-corrected chi connectivity index (χ1v) is 12.9. The highest BCUT2D eigenvalue weighted by molar-refractivity contribution is 6.02. The van der Waals surface area contributed by atoms with E-state index in [9.17, 15) is 19.7 Å². The van der Waals surface area contributed by atoms with E-state index in [4.69, 9.17) is 4.84 Å². The molecule has 0 saturated heterocycles. The topological polar surface area (TPSA) is 120 Å². The quantitative estimate of drug-likeness (QED) is 0.266. The number of oxime groups is 1. The van der Waals surface area contributed by atoms with E-state index in [1.54, 1.807) is 32.2 Å². The standard InChI is InChI=1S/C29H32FN7O2/c1-17-13-19(16-33-27(17)30)24(35-39-29(2,3)4)18-7-10-21(11-8-18)36(5)26-22(15-32)28(38)37(6)23-12-9-20(14-31)34-25(23)26/h9,12-13,16,18,21H,7-8,10-11H2,1-6H3/b35-24-. The fraction of sp³-hybridized carbons (Fsp3) is 0.448. The molecule has 1 fully saturated rings. The van der Waals surface area contributed by atoms with Crippen LogP contribution in [-0.2, 0) is 11.9 Å². The summed E-state index contributed by atoms with van der Waals surface area (Å²) in [6.07, 6.45) is 4.53. The van der Waals surface area contributed by atoms with Crippen LogP contribution in [0.3, 0.4) is 0 Å². The Bertz CT molecular complexity index is 1580. The summed E-state index contributed by atoms with van der Waals surface area (Å²) in [5.41, 5.74) is 2.68. The Labute approximate surface area is 227 Å². The van der Waals surface area contributed by atoms with E-state index in [1.807, 2.05) is 38.8 Å². The van der Waals surface area contributed by atoms with Crippen LogP contribution in [0.25, 0.3) is 11.0 Å². The first kappa shape index (κ1) is 27.7. The highest BCUT2D eigenvalue weighted by Crippen LogP contribution is 2.35. The number of nitriles is 2. The molecular weight excluding hydrogens is 497 g/mol. The number of hydrogen-bond donors (Lipinski definition) is 0. The summed E-state index contributed by atoms with van der Waals surface area (Å²) in [6.45, 7) is 7.43. The van der Waals surface area contributed by atoms with Crippen LogP contribution in [0.1, 0.15) is 68.8 Å². The highest BCUT2D eigenvalue weighted by atomic mass is 19.1. The molecule has 4 rings (SSSR count).